The van der Waals surface area contributed by atoms with Crippen molar-refractivity contribution in [2.24, 2.45) is 5.92 Å². The number of benzene rings is 2. The number of halogens is 3. The van der Waals surface area contributed by atoms with Crippen molar-refractivity contribution in [3.63, 3.8) is 0 Å². The quantitative estimate of drug-likeness (QED) is 0.587. The average molecular weight is 421 g/mol. The Hall–Kier alpha value is -2.93. The summed E-state index contributed by atoms with van der Waals surface area (Å²) < 4.78 is 35.8. The Morgan fingerprint density at radius 2 is 1.83 bits per heavy atom. The zero-order valence-corrected chi connectivity index (χ0v) is 16.6. The van der Waals surface area contributed by atoms with Crippen LogP contribution in [0.3, 0.4) is 0 Å². The first-order valence-electron chi connectivity index (χ1n) is 8.89. The van der Waals surface area contributed by atoms with Crippen molar-refractivity contribution >= 4 is 17.6 Å². The maximum absolute atomic E-state index is 14.4. The third kappa shape index (κ3) is 4.92. The van der Waals surface area contributed by atoms with Gasteiger partial charge in [-0.05, 0) is 61.4 Å². The Kier molecular flexibility index (Phi) is 6.17. The van der Waals surface area contributed by atoms with Crippen LogP contribution in [0.4, 0.5) is 8.78 Å². The number of carboxylic acid groups (broad SMARTS) is 1. The predicted octanol–water partition coefficient (Wildman–Crippen LogP) is 4.95. The molecule has 5 nitrogen and oxygen atoms in total. The highest BCUT2D eigenvalue weighted by Gasteiger charge is 2.18. The highest BCUT2D eigenvalue weighted by Crippen LogP contribution is 2.26. The monoisotopic (exact) mass is 420 g/mol. The molecule has 0 unspecified atom stereocenters. The van der Waals surface area contributed by atoms with E-state index < -0.39 is 29.3 Å². The van der Waals surface area contributed by atoms with Crippen LogP contribution in [0.15, 0.2) is 42.5 Å². The van der Waals surface area contributed by atoms with E-state index in [1.165, 1.54) is 6.92 Å². The predicted molar refractivity (Wildman–Crippen MR) is 105 cm³/mol. The standard InChI is InChI=1S/C21H19ClF2N2O3/c1-12(21(27)28)7-14-9-18(23)20(19(24)10-14)29-11-17-8-13(2)25-26(17)16-5-3-15(22)4-6-16/h3-6,8-10,12H,7,11H2,1-2H3,(H,27,28)/t12-/m0/s1. The zero-order chi connectivity index (χ0) is 21.1. The summed E-state index contributed by atoms with van der Waals surface area (Å²) in [6.45, 7) is 3.17. The van der Waals surface area contributed by atoms with E-state index in [4.69, 9.17) is 21.4 Å². The molecule has 1 N–H and O–H groups in total. The Balaban J connectivity index is 1.80. The van der Waals surface area contributed by atoms with Gasteiger partial charge in [-0.2, -0.15) is 5.10 Å². The van der Waals surface area contributed by atoms with E-state index in [-0.39, 0.29) is 18.6 Å². The van der Waals surface area contributed by atoms with E-state index in [0.717, 1.165) is 23.5 Å². The molecule has 3 aromatic rings. The SMILES string of the molecule is Cc1cc(COc2c(F)cc(C[C@H](C)C(=O)O)cc2F)n(-c2ccc(Cl)cc2)n1. The summed E-state index contributed by atoms with van der Waals surface area (Å²) in [4.78, 5) is 10.9. The first kappa shape index (κ1) is 20.8. The Bertz CT molecular complexity index is 1010. The summed E-state index contributed by atoms with van der Waals surface area (Å²) in [5.41, 5.74) is 2.31. The topological polar surface area (TPSA) is 64.3 Å². The molecular weight excluding hydrogens is 402 g/mol. The molecule has 1 heterocycles. The molecule has 0 spiro atoms. The van der Waals surface area contributed by atoms with Crippen molar-refractivity contribution in [3.05, 3.63) is 76.1 Å². The van der Waals surface area contributed by atoms with Crippen molar-refractivity contribution in [1.29, 1.82) is 0 Å². The third-order valence-electron chi connectivity index (χ3n) is 4.36. The van der Waals surface area contributed by atoms with Crippen LogP contribution in [0.5, 0.6) is 5.75 Å². The van der Waals surface area contributed by atoms with E-state index in [0.29, 0.717) is 10.7 Å². The minimum Gasteiger partial charge on any atom is -0.481 e. The largest absolute Gasteiger partial charge is 0.481 e. The summed E-state index contributed by atoms with van der Waals surface area (Å²) in [5.74, 6) is -4.06. The number of aryl methyl sites for hydroxylation is 1. The summed E-state index contributed by atoms with van der Waals surface area (Å²) in [6.07, 6.45) is 0.0198. The lowest BCUT2D eigenvalue weighted by molar-refractivity contribution is -0.141. The molecule has 0 bridgehead atoms. The molecule has 0 radical (unpaired) electrons. The fourth-order valence-corrected chi connectivity index (χ4v) is 3.04. The third-order valence-corrected chi connectivity index (χ3v) is 4.61. The molecule has 1 atom stereocenters. The number of ether oxygens (including phenoxy) is 1. The van der Waals surface area contributed by atoms with E-state index in [2.05, 4.69) is 5.10 Å². The Morgan fingerprint density at radius 3 is 2.41 bits per heavy atom. The maximum atomic E-state index is 14.4. The number of carbonyl (C=O) groups is 1. The summed E-state index contributed by atoms with van der Waals surface area (Å²) in [6, 6.07) is 10.9. The molecular formula is C21H19ClF2N2O3. The molecule has 0 saturated carbocycles. The van der Waals surface area contributed by atoms with E-state index in [1.54, 1.807) is 41.9 Å². The van der Waals surface area contributed by atoms with Gasteiger partial charge < -0.3 is 9.84 Å². The molecule has 0 saturated heterocycles. The highest BCUT2D eigenvalue weighted by atomic mass is 35.5. The number of hydrogen-bond acceptors (Lipinski definition) is 3. The number of aliphatic carboxylic acids is 1. The molecule has 3 rings (SSSR count). The smallest absolute Gasteiger partial charge is 0.306 e. The van der Waals surface area contributed by atoms with E-state index >= 15 is 0 Å². The van der Waals surface area contributed by atoms with Gasteiger partial charge >= 0.3 is 5.97 Å². The minimum atomic E-state index is -1.03. The van der Waals surface area contributed by atoms with E-state index in [9.17, 15) is 13.6 Å². The van der Waals surface area contributed by atoms with Gasteiger partial charge in [0.2, 0.25) is 0 Å². The molecule has 0 aliphatic heterocycles. The van der Waals surface area contributed by atoms with Gasteiger partial charge in [-0.25, -0.2) is 13.5 Å². The summed E-state index contributed by atoms with van der Waals surface area (Å²) in [5, 5.41) is 13.9. The van der Waals surface area contributed by atoms with Gasteiger partial charge in [-0.3, -0.25) is 4.79 Å². The van der Waals surface area contributed by atoms with Crippen molar-refractivity contribution in [2.45, 2.75) is 26.9 Å². The maximum Gasteiger partial charge on any atom is 0.306 e. The second-order valence-corrected chi connectivity index (χ2v) is 7.22. The average Bonchev–Trinajstić information content (AvgIpc) is 3.02. The second-order valence-electron chi connectivity index (χ2n) is 6.79. The first-order chi connectivity index (χ1) is 13.7. The van der Waals surface area contributed by atoms with Crippen LogP contribution in [0.2, 0.25) is 5.02 Å². The first-order valence-corrected chi connectivity index (χ1v) is 9.27. The van der Waals surface area contributed by atoms with Crippen molar-refractivity contribution in [1.82, 2.24) is 9.78 Å². The zero-order valence-electron chi connectivity index (χ0n) is 15.8. The van der Waals surface area contributed by atoms with Crippen LogP contribution in [-0.4, -0.2) is 20.9 Å². The van der Waals surface area contributed by atoms with Crippen molar-refractivity contribution in [2.75, 3.05) is 0 Å². The number of carboxylic acids is 1. The molecule has 152 valence electrons. The van der Waals surface area contributed by atoms with Gasteiger partial charge in [0.05, 0.1) is 23.0 Å². The second kappa shape index (κ2) is 8.61. The van der Waals surface area contributed by atoms with Gasteiger partial charge in [0.1, 0.15) is 6.61 Å². The molecule has 1 aromatic heterocycles. The van der Waals surface area contributed by atoms with Crippen LogP contribution in [0.25, 0.3) is 5.69 Å². The van der Waals surface area contributed by atoms with Gasteiger partial charge in [0.25, 0.3) is 0 Å². The van der Waals surface area contributed by atoms with Gasteiger partial charge in [-0.1, -0.05) is 18.5 Å². The molecule has 0 fully saturated rings. The lowest BCUT2D eigenvalue weighted by atomic mass is 10.0. The normalized spacial score (nSPS) is 12.0. The van der Waals surface area contributed by atoms with Crippen LogP contribution in [-0.2, 0) is 17.8 Å². The van der Waals surface area contributed by atoms with E-state index in [1.807, 2.05) is 0 Å². The molecule has 0 aliphatic carbocycles. The van der Waals surface area contributed by atoms with Crippen LogP contribution >= 0.6 is 11.6 Å². The molecule has 0 amide bonds. The van der Waals surface area contributed by atoms with Crippen molar-refractivity contribution in [3.8, 4) is 11.4 Å². The number of rotatable bonds is 7. The molecule has 0 aliphatic rings. The van der Waals surface area contributed by atoms with Crippen molar-refractivity contribution < 1.29 is 23.4 Å². The Labute approximate surface area is 171 Å². The summed E-state index contributed by atoms with van der Waals surface area (Å²) in [7, 11) is 0. The Morgan fingerprint density at radius 1 is 1.21 bits per heavy atom. The van der Waals surface area contributed by atoms with Crippen LogP contribution < -0.4 is 4.74 Å². The highest BCUT2D eigenvalue weighted by molar-refractivity contribution is 6.30. The lowest BCUT2D eigenvalue weighted by Gasteiger charge is -2.12. The molecule has 29 heavy (non-hydrogen) atoms. The fourth-order valence-electron chi connectivity index (χ4n) is 2.92. The van der Waals surface area contributed by atoms with Crippen LogP contribution in [0, 0.1) is 24.5 Å². The molecule has 2 aromatic carbocycles. The molecule has 8 heteroatoms. The minimum absolute atomic E-state index is 0.0198. The van der Waals surface area contributed by atoms with Crippen LogP contribution in [0.1, 0.15) is 23.9 Å². The lowest BCUT2D eigenvalue weighted by Crippen LogP contribution is -2.13. The summed E-state index contributed by atoms with van der Waals surface area (Å²) >= 11 is 5.91. The van der Waals surface area contributed by atoms with Gasteiger partial charge in [0.15, 0.2) is 17.4 Å². The van der Waals surface area contributed by atoms with Gasteiger partial charge in [-0.15, -0.1) is 0 Å². The van der Waals surface area contributed by atoms with Gasteiger partial charge in [0, 0.05) is 5.02 Å². The number of hydrogen-bond donors (Lipinski definition) is 1. The number of aromatic nitrogens is 2. The fraction of sp³-hybridized carbons (Fsp3) is 0.238. The number of nitrogens with zero attached hydrogens (tertiary/aromatic N) is 2.